The average Bonchev–Trinajstić information content (AvgIpc) is 3.24. The molecule has 7 nitrogen and oxygen atoms in total. The lowest BCUT2D eigenvalue weighted by Crippen LogP contribution is -2.03. The Balaban J connectivity index is 1.43. The van der Waals surface area contributed by atoms with Gasteiger partial charge in [-0.05, 0) is 31.0 Å². The maximum atomic E-state index is 5.52. The molecule has 108 valence electrons. The smallest absolute Gasteiger partial charge is 0.255 e. The molecule has 0 aromatic carbocycles. The van der Waals surface area contributed by atoms with E-state index in [2.05, 4.69) is 25.4 Å². The lowest BCUT2D eigenvalue weighted by atomic mass is 10.2. The van der Waals surface area contributed by atoms with Crippen molar-refractivity contribution >= 4 is 16.9 Å². The fourth-order valence-corrected chi connectivity index (χ4v) is 2.44. The molecule has 1 saturated heterocycles. The van der Waals surface area contributed by atoms with Crippen LogP contribution in [0.3, 0.4) is 0 Å². The van der Waals surface area contributed by atoms with Gasteiger partial charge >= 0.3 is 0 Å². The van der Waals surface area contributed by atoms with Gasteiger partial charge in [0.05, 0.1) is 6.54 Å². The van der Waals surface area contributed by atoms with Crippen LogP contribution in [0.4, 0.5) is 5.82 Å². The molecule has 1 aliphatic rings. The van der Waals surface area contributed by atoms with Crippen molar-refractivity contribution in [3.8, 4) is 0 Å². The highest BCUT2D eigenvalue weighted by atomic mass is 16.5. The number of nitrogens with one attached hydrogen (secondary N) is 2. The first-order valence-corrected chi connectivity index (χ1v) is 7.00. The number of nitrogens with zero attached hydrogens (tertiary/aromatic N) is 3. The molecule has 0 bridgehead atoms. The molecule has 0 spiro atoms. The third kappa shape index (κ3) is 2.47. The van der Waals surface area contributed by atoms with E-state index in [-0.39, 0.29) is 6.10 Å². The molecule has 1 aliphatic heterocycles. The van der Waals surface area contributed by atoms with Crippen molar-refractivity contribution in [1.82, 2.24) is 20.1 Å². The number of pyridine rings is 1. The molecule has 0 radical (unpaired) electrons. The molecule has 3 aromatic rings. The number of hydrogen-bond acceptors (Lipinski definition) is 6. The van der Waals surface area contributed by atoms with E-state index in [0.29, 0.717) is 18.3 Å². The number of ether oxygens (including phenoxy) is 1. The van der Waals surface area contributed by atoms with Crippen molar-refractivity contribution in [2.24, 2.45) is 0 Å². The van der Waals surface area contributed by atoms with Crippen molar-refractivity contribution in [1.29, 1.82) is 0 Å². The number of rotatable bonds is 4. The predicted molar refractivity (Wildman–Crippen MR) is 75.6 cm³/mol. The lowest BCUT2D eigenvalue weighted by Gasteiger charge is -2.02. The van der Waals surface area contributed by atoms with E-state index < -0.39 is 0 Å². The lowest BCUT2D eigenvalue weighted by molar-refractivity contribution is 0.0835. The van der Waals surface area contributed by atoms with E-state index in [0.717, 1.165) is 36.3 Å². The van der Waals surface area contributed by atoms with Crippen molar-refractivity contribution < 1.29 is 9.26 Å². The van der Waals surface area contributed by atoms with Crippen molar-refractivity contribution in [3.05, 3.63) is 36.1 Å². The highest BCUT2D eigenvalue weighted by Crippen LogP contribution is 2.26. The Labute approximate surface area is 120 Å². The van der Waals surface area contributed by atoms with Crippen LogP contribution in [0.25, 0.3) is 11.0 Å². The first-order valence-electron chi connectivity index (χ1n) is 7.00. The average molecular weight is 285 g/mol. The van der Waals surface area contributed by atoms with E-state index in [1.165, 1.54) is 0 Å². The van der Waals surface area contributed by atoms with E-state index in [1.54, 1.807) is 0 Å². The fourth-order valence-electron chi connectivity index (χ4n) is 2.44. The zero-order valence-corrected chi connectivity index (χ0v) is 11.4. The normalized spacial score (nSPS) is 18.4. The summed E-state index contributed by atoms with van der Waals surface area (Å²) in [5, 5.41) is 8.24. The Bertz CT molecular complexity index is 745. The largest absolute Gasteiger partial charge is 0.368 e. The van der Waals surface area contributed by atoms with Gasteiger partial charge in [0.1, 0.15) is 17.6 Å². The molecule has 0 saturated carbocycles. The summed E-state index contributed by atoms with van der Waals surface area (Å²) in [7, 11) is 0. The fraction of sp³-hybridized carbons (Fsp3) is 0.357. The van der Waals surface area contributed by atoms with Gasteiger partial charge in [-0.3, -0.25) is 0 Å². The first kappa shape index (κ1) is 12.3. The van der Waals surface area contributed by atoms with Crippen molar-refractivity contribution in [2.45, 2.75) is 25.5 Å². The summed E-state index contributed by atoms with van der Waals surface area (Å²) in [5.74, 6) is 1.94. The minimum absolute atomic E-state index is 0.0420. The topological polar surface area (TPSA) is 88.9 Å². The van der Waals surface area contributed by atoms with Gasteiger partial charge < -0.3 is 19.6 Å². The number of fused-ring (bicyclic) bond motifs is 1. The molecule has 0 unspecified atom stereocenters. The molecule has 0 aliphatic carbocycles. The highest BCUT2D eigenvalue weighted by Gasteiger charge is 2.23. The summed E-state index contributed by atoms with van der Waals surface area (Å²) in [5.41, 5.74) is 0.855. The summed E-state index contributed by atoms with van der Waals surface area (Å²) >= 11 is 0. The van der Waals surface area contributed by atoms with Crippen LogP contribution in [0.2, 0.25) is 0 Å². The predicted octanol–water partition coefficient (Wildman–Crippen LogP) is 2.41. The molecule has 7 heteroatoms. The second-order valence-electron chi connectivity index (χ2n) is 5.02. The summed E-state index contributed by atoms with van der Waals surface area (Å²) < 4.78 is 10.8. The maximum Gasteiger partial charge on any atom is 0.255 e. The molecular weight excluding hydrogens is 270 g/mol. The van der Waals surface area contributed by atoms with Crippen LogP contribution >= 0.6 is 0 Å². The Kier molecular flexibility index (Phi) is 3.04. The maximum absolute atomic E-state index is 5.52. The standard InChI is InChI=1S/C14H15N5O2/c1-2-10(20-7-1)14-18-12(19-21-14)8-16-11-4-3-9-5-6-15-13(9)17-11/h3-6,10H,1-2,7-8H2,(H2,15,16,17)/t10-/m0/s1. The molecular formula is C14H15N5O2. The van der Waals surface area contributed by atoms with E-state index in [9.17, 15) is 0 Å². The van der Waals surface area contributed by atoms with Crippen LogP contribution in [0.15, 0.2) is 28.9 Å². The molecule has 2 N–H and O–H groups in total. The molecule has 3 aromatic heterocycles. The van der Waals surface area contributed by atoms with Gasteiger partial charge in [0.25, 0.3) is 5.89 Å². The van der Waals surface area contributed by atoms with Gasteiger partial charge in [-0.15, -0.1) is 0 Å². The second kappa shape index (κ2) is 5.17. The monoisotopic (exact) mass is 285 g/mol. The Hall–Kier alpha value is -2.41. The van der Waals surface area contributed by atoms with Crippen LogP contribution < -0.4 is 5.32 Å². The Morgan fingerprint density at radius 1 is 1.29 bits per heavy atom. The van der Waals surface area contributed by atoms with Gasteiger partial charge in [-0.25, -0.2) is 4.98 Å². The highest BCUT2D eigenvalue weighted by molar-refractivity contribution is 5.77. The Morgan fingerprint density at radius 2 is 2.29 bits per heavy atom. The Morgan fingerprint density at radius 3 is 3.19 bits per heavy atom. The van der Waals surface area contributed by atoms with Crippen LogP contribution in [0.5, 0.6) is 0 Å². The van der Waals surface area contributed by atoms with Crippen LogP contribution in [0, 0.1) is 0 Å². The summed E-state index contributed by atoms with van der Waals surface area (Å²) in [6, 6.07) is 5.92. The van der Waals surface area contributed by atoms with Crippen LogP contribution in [-0.2, 0) is 11.3 Å². The number of anilines is 1. The van der Waals surface area contributed by atoms with Gasteiger partial charge in [0.15, 0.2) is 5.82 Å². The number of aromatic nitrogens is 4. The first-order chi connectivity index (χ1) is 10.4. The molecule has 4 heterocycles. The minimum Gasteiger partial charge on any atom is -0.368 e. The number of aromatic amines is 1. The summed E-state index contributed by atoms with van der Waals surface area (Å²) in [6.45, 7) is 1.23. The van der Waals surface area contributed by atoms with Gasteiger partial charge in [0, 0.05) is 18.2 Å². The van der Waals surface area contributed by atoms with Crippen LogP contribution in [0.1, 0.15) is 30.7 Å². The van der Waals surface area contributed by atoms with Gasteiger partial charge in [-0.2, -0.15) is 4.98 Å². The van der Waals surface area contributed by atoms with E-state index >= 15 is 0 Å². The van der Waals surface area contributed by atoms with Gasteiger partial charge in [-0.1, -0.05) is 5.16 Å². The van der Waals surface area contributed by atoms with Crippen molar-refractivity contribution in [3.63, 3.8) is 0 Å². The van der Waals surface area contributed by atoms with Gasteiger partial charge in [0.2, 0.25) is 0 Å². The molecule has 21 heavy (non-hydrogen) atoms. The number of H-pyrrole nitrogens is 1. The summed E-state index contributed by atoms with van der Waals surface area (Å²) in [4.78, 5) is 11.9. The minimum atomic E-state index is -0.0420. The van der Waals surface area contributed by atoms with E-state index in [1.807, 2.05) is 24.4 Å². The number of hydrogen-bond donors (Lipinski definition) is 2. The third-order valence-electron chi connectivity index (χ3n) is 3.53. The van der Waals surface area contributed by atoms with Crippen LogP contribution in [-0.4, -0.2) is 26.7 Å². The summed E-state index contributed by atoms with van der Waals surface area (Å²) in [6.07, 6.45) is 3.81. The zero-order valence-electron chi connectivity index (χ0n) is 11.4. The zero-order chi connectivity index (χ0) is 14.1. The van der Waals surface area contributed by atoms with E-state index in [4.69, 9.17) is 9.26 Å². The van der Waals surface area contributed by atoms with Crippen molar-refractivity contribution in [2.75, 3.05) is 11.9 Å². The second-order valence-corrected chi connectivity index (χ2v) is 5.02. The third-order valence-corrected chi connectivity index (χ3v) is 3.53. The molecule has 1 atom stereocenters. The SMILES string of the molecule is c1cc2ccc(NCc3noc([C@@H]4CCCO4)n3)nc2[nH]1. The molecule has 1 fully saturated rings. The molecule has 0 amide bonds. The molecule has 4 rings (SSSR count). The quantitative estimate of drug-likeness (QED) is 0.765.